The second-order valence-electron chi connectivity index (χ2n) is 6.72. The first-order valence-electron chi connectivity index (χ1n) is 8.91. The number of rotatable bonds is 5. The van der Waals surface area contributed by atoms with Crippen molar-refractivity contribution in [1.82, 2.24) is 24.5 Å². The van der Waals surface area contributed by atoms with Crippen LogP contribution in [0.15, 0.2) is 52.3 Å². The molecule has 2 aromatic heterocycles. The van der Waals surface area contributed by atoms with Gasteiger partial charge in [0.05, 0.1) is 24.2 Å². The summed E-state index contributed by atoms with van der Waals surface area (Å²) in [5.74, 6) is 0. The van der Waals surface area contributed by atoms with Gasteiger partial charge in [-0.25, -0.2) is 9.48 Å². The van der Waals surface area contributed by atoms with Crippen LogP contribution in [0.4, 0.5) is 0 Å². The zero-order chi connectivity index (χ0) is 20.5. The van der Waals surface area contributed by atoms with Gasteiger partial charge in [0.25, 0.3) is 5.56 Å². The van der Waals surface area contributed by atoms with E-state index in [0.29, 0.717) is 5.69 Å². The zero-order valence-corrected chi connectivity index (χ0v) is 15.1. The van der Waals surface area contributed by atoms with Crippen LogP contribution in [0, 0.1) is 0 Å². The molecule has 4 atom stereocenters. The summed E-state index contributed by atoms with van der Waals surface area (Å²) in [6.45, 7) is -0.526. The molecule has 152 valence electrons. The molecule has 1 aromatic carbocycles. The highest BCUT2D eigenvalue weighted by Gasteiger charge is 2.43. The smallest absolute Gasteiger partial charge is 0.330 e. The summed E-state index contributed by atoms with van der Waals surface area (Å²) in [7, 11) is 0. The molecule has 0 saturated carbocycles. The minimum absolute atomic E-state index is 0.0806. The molecule has 29 heavy (non-hydrogen) atoms. The van der Waals surface area contributed by atoms with Crippen LogP contribution >= 0.6 is 0 Å². The van der Waals surface area contributed by atoms with E-state index in [2.05, 4.69) is 15.3 Å². The number of nitrogens with zero attached hydrogens (tertiary/aromatic N) is 4. The Bertz CT molecular complexity index is 1110. The Labute approximate surface area is 163 Å². The van der Waals surface area contributed by atoms with Gasteiger partial charge in [0, 0.05) is 18.2 Å². The summed E-state index contributed by atoms with van der Waals surface area (Å²) in [4.78, 5) is 26.6. The third-order valence-corrected chi connectivity index (χ3v) is 4.77. The molecule has 2 unspecified atom stereocenters. The lowest BCUT2D eigenvalue weighted by atomic mass is 10.1. The van der Waals surface area contributed by atoms with Crippen LogP contribution < -0.4 is 11.2 Å². The second kappa shape index (κ2) is 7.72. The summed E-state index contributed by atoms with van der Waals surface area (Å²) in [5.41, 5.74) is 0.0820. The van der Waals surface area contributed by atoms with E-state index in [1.54, 1.807) is 10.9 Å². The van der Waals surface area contributed by atoms with Crippen LogP contribution in [0.25, 0.3) is 5.69 Å². The maximum absolute atomic E-state index is 12.2. The van der Waals surface area contributed by atoms with E-state index >= 15 is 0 Å². The number of hydrogen-bond acceptors (Lipinski definition) is 8. The van der Waals surface area contributed by atoms with E-state index in [1.807, 2.05) is 30.3 Å². The Morgan fingerprint density at radius 1 is 1.10 bits per heavy atom. The lowest BCUT2D eigenvalue weighted by Gasteiger charge is -2.17. The molecule has 1 aliphatic rings. The van der Waals surface area contributed by atoms with Gasteiger partial charge < -0.3 is 20.1 Å². The number of aliphatic hydroxyl groups is 3. The quantitative estimate of drug-likeness (QED) is 0.395. The average Bonchev–Trinajstić information content (AvgIpc) is 3.30. The summed E-state index contributed by atoms with van der Waals surface area (Å²) in [6, 6.07) is 9.30. The van der Waals surface area contributed by atoms with Crippen molar-refractivity contribution >= 4 is 0 Å². The Hall–Kier alpha value is -3.12. The predicted octanol–water partition coefficient (Wildman–Crippen LogP) is -1.68. The normalized spacial score (nSPS) is 24.1. The fourth-order valence-electron chi connectivity index (χ4n) is 3.23. The third kappa shape index (κ3) is 3.63. The summed E-state index contributed by atoms with van der Waals surface area (Å²) in [5, 5.41) is 37.4. The molecule has 3 aromatic rings. The first-order chi connectivity index (χ1) is 14.0. The number of aromatic amines is 1. The molecule has 0 bridgehead atoms. The van der Waals surface area contributed by atoms with E-state index in [1.165, 1.54) is 6.20 Å². The minimum atomic E-state index is -1.44. The molecule has 0 amide bonds. The highest BCUT2D eigenvalue weighted by Crippen LogP contribution is 2.28. The van der Waals surface area contributed by atoms with Crippen LogP contribution in [-0.4, -0.2) is 64.8 Å². The van der Waals surface area contributed by atoms with Gasteiger partial charge in [-0.2, -0.15) is 0 Å². The molecule has 3 heterocycles. The molecule has 4 rings (SSSR count). The van der Waals surface area contributed by atoms with E-state index in [9.17, 15) is 24.9 Å². The van der Waals surface area contributed by atoms with Gasteiger partial charge in [0.15, 0.2) is 6.23 Å². The van der Waals surface area contributed by atoms with Crippen molar-refractivity contribution in [1.29, 1.82) is 0 Å². The van der Waals surface area contributed by atoms with Crippen molar-refractivity contribution in [2.45, 2.75) is 31.0 Å². The molecule has 11 heteroatoms. The minimum Gasteiger partial charge on any atom is -0.394 e. The van der Waals surface area contributed by atoms with Crippen molar-refractivity contribution in [3.8, 4) is 5.69 Å². The molecule has 11 nitrogen and oxygen atoms in total. The van der Waals surface area contributed by atoms with Gasteiger partial charge in [0.1, 0.15) is 18.3 Å². The summed E-state index contributed by atoms with van der Waals surface area (Å²) in [6.07, 6.45) is -2.09. The fraction of sp³-hybridized carbons (Fsp3) is 0.333. The Morgan fingerprint density at radius 3 is 2.55 bits per heavy atom. The maximum Gasteiger partial charge on any atom is 0.330 e. The molecule has 1 fully saturated rings. The van der Waals surface area contributed by atoms with Crippen molar-refractivity contribution in [3.05, 3.63) is 74.8 Å². The number of nitrogens with one attached hydrogen (secondary N) is 1. The second-order valence-corrected chi connectivity index (χ2v) is 6.72. The van der Waals surface area contributed by atoms with Crippen LogP contribution in [0.5, 0.6) is 0 Å². The van der Waals surface area contributed by atoms with E-state index in [-0.39, 0.29) is 12.0 Å². The largest absolute Gasteiger partial charge is 0.394 e. The molecule has 0 radical (unpaired) electrons. The number of H-pyrrole nitrogens is 1. The van der Waals surface area contributed by atoms with Crippen molar-refractivity contribution in [3.63, 3.8) is 0 Å². The van der Waals surface area contributed by atoms with Crippen molar-refractivity contribution in [2.24, 2.45) is 0 Å². The van der Waals surface area contributed by atoms with Gasteiger partial charge in [-0.15, -0.1) is 5.10 Å². The van der Waals surface area contributed by atoms with E-state index < -0.39 is 42.4 Å². The first-order valence-corrected chi connectivity index (χ1v) is 8.91. The van der Waals surface area contributed by atoms with Crippen LogP contribution in [0.2, 0.25) is 0 Å². The molecule has 0 spiro atoms. The van der Waals surface area contributed by atoms with Crippen LogP contribution in [0.1, 0.15) is 17.5 Å². The Morgan fingerprint density at radius 2 is 1.86 bits per heavy atom. The van der Waals surface area contributed by atoms with Gasteiger partial charge >= 0.3 is 5.69 Å². The SMILES string of the molecule is O=c1[nH]c(=O)n([C@@H]2O[C@H](CO)C(O)C2O)cc1Cc1cn(-c2ccccc2)nn1. The van der Waals surface area contributed by atoms with Gasteiger partial charge in [-0.05, 0) is 12.1 Å². The number of para-hydroxylation sites is 1. The maximum atomic E-state index is 12.2. The molecule has 0 aliphatic carbocycles. The first kappa shape index (κ1) is 19.2. The van der Waals surface area contributed by atoms with Crippen molar-refractivity contribution < 1.29 is 20.1 Å². The fourth-order valence-corrected chi connectivity index (χ4v) is 3.23. The van der Waals surface area contributed by atoms with Gasteiger partial charge in [0.2, 0.25) is 0 Å². The van der Waals surface area contributed by atoms with Crippen LogP contribution in [-0.2, 0) is 11.2 Å². The number of hydrogen-bond donors (Lipinski definition) is 4. The number of benzene rings is 1. The monoisotopic (exact) mass is 401 g/mol. The van der Waals surface area contributed by atoms with Gasteiger partial charge in [-0.3, -0.25) is 14.3 Å². The molecular weight excluding hydrogens is 382 g/mol. The molecule has 1 saturated heterocycles. The average molecular weight is 401 g/mol. The van der Waals surface area contributed by atoms with E-state index in [4.69, 9.17) is 4.74 Å². The number of aliphatic hydroxyl groups excluding tert-OH is 3. The molecule has 4 N–H and O–H groups in total. The van der Waals surface area contributed by atoms with Crippen LogP contribution in [0.3, 0.4) is 0 Å². The summed E-state index contributed by atoms with van der Waals surface area (Å²) >= 11 is 0. The van der Waals surface area contributed by atoms with Crippen molar-refractivity contribution in [2.75, 3.05) is 6.61 Å². The zero-order valence-electron chi connectivity index (χ0n) is 15.1. The lowest BCUT2D eigenvalue weighted by Crippen LogP contribution is -2.39. The standard InChI is InChI=1S/C18H19N5O6/c24-9-13-14(25)15(26)17(29-13)22-7-10(16(27)19-18(22)28)6-11-8-23(21-20-11)12-4-2-1-3-5-12/h1-5,7-8,13-15,17,24-26H,6,9H2,(H,19,27,28)/t13-,14?,15?,17-/m1/s1. The topological polar surface area (TPSA) is 155 Å². The van der Waals surface area contributed by atoms with E-state index in [0.717, 1.165) is 10.3 Å². The molecule has 1 aliphatic heterocycles. The Kier molecular flexibility index (Phi) is 5.11. The molecular formula is C18H19N5O6. The summed E-state index contributed by atoms with van der Waals surface area (Å²) < 4.78 is 7.92. The number of ether oxygens (including phenoxy) is 1. The lowest BCUT2D eigenvalue weighted by molar-refractivity contribution is -0.0551. The Balaban J connectivity index is 1.63. The number of aromatic nitrogens is 5. The third-order valence-electron chi connectivity index (χ3n) is 4.77. The highest BCUT2D eigenvalue weighted by molar-refractivity contribution is 5.30. The highest BCUT2D eigenvalue weighted by atomic mass is 16.6. The predicted molar refractivity (Wildman–Crippen MR) is 98.5 cm³/mol. The van der Waals surface area contributed by atoms with Gasteiger partial charge in [-0.1, -0.05) is 23.4 Å².